The summed E-state index contributed by atoms with van der Waals surface area (Å²) in [5.74, 6) is -0.122. The van der Waals surface area contributed by atoms with Gasteiger partial charge in [0.05, 0.1) is 12.2 Å². The molecule has 2 aromatic carbocycles. The number of para-hydroxylation sites is 1. The van der Waals surface area contributed by atoms with Gasteiger partial charge in [-0.25, -0.2) is 0 Å². The number of nitrogens with one attached hydrogen (secondary N) is 1. The number of benzene rings is 2. The number of H-pyrrole nitrogens is 1. The first kappa shape index (κ1) is 22.4. The molecule has 0 saturated carbocycles. The van der Waals surface area contributed by atoms with Crippen molar-refractivity contribution < 1.29 is 9.59 Å². The van der Waals surface area contributed by atoms with Crippen LogP contribution in [-0.2, 0) is 15.1 Å². The fourth-order valence-electron chi connectivity index (χ4n) is 6.31. The molecule has 1 N–H and O–H groups in total. The molecule has 1 saturated heterocycles. The maximum absolute atomic E-state index is 14.1. The van der Waals surface area contributed by atoms with E-state index in [-0.39, 0.29) is 24.3 Å². The number of nitrogens with zero attached hydrogens (tertiary/aromatic N) is 2. The molecule has 1 aromatic heterocycles. The molecular weight excluding hydrogens is 458 g/mol. The van der Waals surface area contributed by atoms with E-state index in [1.54, 1.807) is 9.80 Å². The van der Waals surface area contributed by atoms with Crippen LogP contribution in [-0.4, -0.2) is 46.2 Å². The molecule has 3 aliphatic rings. The van der Waals surface area contributed by atoms with E-state index >= 15 is 0 Å². The molecule has 0 bridgehead atoms. The van der Waals surface area contributed by atoms with E-state index in [1.807, 2.05) is 49.4 Å². The fraction of sp³-hybridized carbons (Fsp3) is 0.379. The quantitative estimate of drug-likeness (QED) is 0.477. The number of carbonyl (C=O) groups is 2. The van der Waals surface area contributed by atoms with Crippen molar-refractivity contribution in [3.63, 3.8) is 0 Å². The number of aromatic amines is 1. The molecule has 1 aliphatic carbocycles. The standard InChI is InChI=1S/C29H30ClN3O2/c1-29-27-26(21-12-6-8-14-24(21)31-27)22(20-11-5-7-13-23(20)30)17-33(29)25(34)18-32(28(29)35)16-15-19-9-3-2-4-10-19/h5-9,11-14,22,31H,2-4,10,15-18H2,1H3/t22?,29-/m0/s1. The van der Waals surface area contributed by atoms with Crippen LogP contribution in [0, 0.1) is 0 Å². The Bertz CT molecular complexity index is 1360. The van der Waals surface area contributed by atoms with Gasteiger partial charge in [-0.15, -0.1) is 0 Å². The number of hydrogen-bond donors (Lipinski definition) is 1. The summed E-state index contributed by atoms with van der Waals surface area (Å²) in [5.41, 5.74) is 4.19. The number of halogens is 1. The van der Waals surface area contributed by atoms with E-state index in [9.17, 15) is 9.59 Å². The Kier molecular flexibility index (Phi) is 5.48. The Labute approximate surface area is 210 Å². The average Bonchev–Trinajstić information content (AvgIpc) is 3.28. The molecule has 3 heterocycles. The normalized spacial score (nSPS) is 24.4. The lowest BCUT2D eigenvalue weighted by atomic mass is 9.76. The monoisotopic (exact) mass is 487 g/mol. The highest BCUT2D eigenvalue weighted by molar-refractivity contribution is 6.31. The molecule has 180 valence electrons. The van der Waals surface area contributed by atoms with E-state index in [0.717, 1.165) is 47.0 Å². The molecule has 3 aromatic rings. The summed E-state index contributed by atoms with van der Waals surface area (Å²) < 4.78 is 0. The van der Waals surface area contributed by atoms with Crippen molar-refractivity contribution in [3.8, 4) is 0 Å². The Morgan fingerprint density at radius 2 is 1.89 bits per heavy atom. The van der Waals surface area contributed by atoms with Crippen LogP contribution >= 0.6 is 11.6 Å². The van der Waals surface area contributed by atoms with Crippen LogP contribution < -0.4 is 0 Å². The zero-order valence-corrected chi connectivity index (χ0v) is 20.8. The molecule has 1 unspecified atom stereocenters. The summed E-state index contributed by atoms with van der Waals surface area (Å²) in [6.45, 7) is 3.06. The average molecular weight is 488 g/mol. The highest BCUT2D eigenvalue weighted by atomic mass is 35.5. The molecular formula is C29H30ClN3O2. The smallest absolute Gasteiger partial charge is 0.254 e. The first-order valence-electron chi connectivity index (χ1n) is 12.6. The van der Waals surface area contributed by atoms with Crippen molar-refractivity contribution in [2.24, 2.45) is 0 Å². The van der Waals surface area contributed by atoms with Crippen molar-refractivity contribution >= 4 is 34.3 Å². The van der Waals surface area contributed by atoms with E-state index in [0.29, 0.717) is 18.1 Å². The lowest BCUT2D eigenvalue weighted by molar-refractivity contribution is -0.166. The van der Waals surface area contributed by atoms with Crippen LogP contribution in [0.25, 0.3) is 10.9 Å². The van der Waals surface area contributed by atoms with Crippen LogP contribution in [0.4, 0.5) is 0 Å². The molecule has 5 nitrogen and oxygen atoms in total. The summed E-state index contributed by atoms with van der Waals surface area (Å²) in [4.78, 5) is 34.8. The van der Waals surface area contributed by atoms with Gasteiger partial charge in [0.25, 0.3) is 5.91 Å². The summed E-state index contributed by atoms with van der Waals surface area (Å²) >= 11 is 6.66. The van der Waals surface area contributed by atoms with Crippen LogP contribution in [0.1, 0.15) is 61.8 Å². The summed E-state index contributed by atoms with van der Waals surface area (Å²) in [5, 5.41) is 1.76. The van der Waals surface area contributed by atoms with Gasteiger partial charge in [-0.3, -0.25) is 9.59 Å². The zero-order valence-electron chi connectivity index (χ0n) is 20.0. The topological polar surface area (TPSA) is 56.4 Å². The molecule has 2 atom stereocenters. The highest BCUT2D eigenvalue weighted by Gasteiger charge is 2.56. The van der Waals surface area contributed by atoms with Gasteiger partial charge in [0.15, 0.2) is 5.54 Å². The Morgan fingerprint density at radius 1 is 1.09 bits per heavy atom. The summed E-state index contributed by atoms with van der Waals surface area (Å²) in [7, 11) is 0. The van der Waals surface area contributed by atoms with Gasteiger partial charge >= 0.3 is 0 Å². The third-order valence-electron chi connectivity index (χ3n) is 8.19. The largest absolute Gasteiger partial charge is 0.356 e. The maximum atomic E-state index is 14.1. The van der Waals surface area contributed by atoms with Crippen LogP contribution in [0.2, 0.25) is 5.02 Å². The maximum Gasteiger partial charge on any atom is 0.254 e. The van der Waals surface area contributed by atoms with E-state index in [2.05, 4.69) is 17.1 Å². The first-order valence-corrected chi connectivity index (χ1v) is 13.0. The minimum absolute atomic E-state index is 0.000996. The predicted octanol–water partition coefficient (Wildman–Crippen LogP) is 5.74. The molecule has 35 heavy (non-hydrogen) atoms. The van der Waals surface area contributed by atoms with Crippen LogP contribution in [0.15, 0.2) is 60.2 Å². The van der Waals surface area contributed by atoms with Gasteiger partial charge in [0.2, 0.25) is 5.91 Å². The number of carbonyl (C=O) groups excluding carboxylic acids is 2. The Balaban J connectivity index is 1.45. The SMILES string of the molecule is C[C@]12C(=O)N(CCC3=CCCCC3)CC(=O)N1CC(c1ccccc1Cl)c1c2[nH]c2ccccc12. The second-order valence-corrected chi connectivity index (χ2v) is 10.6. The Hall–Kier alpha value is -3.05. The van der Waals surface area contributed by atoms with Crippen molar-refractivity contribution in [2.75, 3.05) is 19.6 Å². The summed E-state index contributed by atoms with van der Waals surface area (Å²) in [6, 6.07) is 16.0. The number of hydrogen-bond acceptors (Lipinski definition) is 2. The van der Waals surface area contributed by atoms with Crippen molar-refractivity contribution in [1.29, 1.82) is 0 Å². The van der Waals surface area contributed by atoms with Gasteiger partial charge in [0.1, 0.15) is 0 Å². The third-order valence-corrected chi connectivity index (χ3v) is 8.53. The van der Waals surface area contributed by atoms with Crippen molar-refractivity contribution in [3.05, 3.63) is 82.0 Å². The first-order chi connectivity index (χ1) is 17.0. The second-order valence-electron chi connectivity index (χ2n) is 10.2. The fourth-order valence-corrected chi connectivity index (χ4v) is 6.57. The van der Waals surface area contributed by atoms with E-state index in [4.69, 9.17) is 11.6 Å². The van der Waals surface area contributed by atoms with Gasteiger partial charge in [-0.1, -0.05) is 59.6 Å². The number of rotatable bonds is 4. The summed E-state index contributed by atoms with van der Waals surface area (Å²) in [6.07, 6.45) is 7.84. The molecule has 1 fully saturated rings. The lowest BCUT2D eigenvalue weighted by Gasteiger charge is -2.51. The van der Waals surface area contributed by atoms with Gasteiger partial charge in [-0.2, -0.15) is 0 Å². The van der Waals surface area contributed by atoms with Crippen LogP contribution in [0.3, 0.4) is 0 Å². The van der Waals surface area contributed by atoms with Crippen LogP contribution in [0.5, 0.6) is 0 Å². The van der Waals surface area contributed by atoms with E-state index < -0.39 is 5.54 Å². The zero-order chi connectivity index (χ0) is 24.2. The van der Waals surface area contributed by atoms with Crippen molar-refractivity contribution in [2.45, 2.75) is 50.5 Å². The van der Waals surface area contributed by atoms with Gasteiger partial charge in [-0.05, 0) is 62.3 Å². The number of amides is 2. The van der Waals surface area contributed by atoms with Gasteiger partial charge < -0.3 is 14.8 Å². The number of allylic oxidation sites excluding steroid dienone is 1. The number of aromatic nitrogens is 1. The van der Waals surface area contributed by atoms with E-state index in [1.165, 1.54) is 18.4 Å². The second kappa shape index (κ2) is 8.56. The van der Waals surface area contributed by atoms with Crippen molar-refractivity contribution in [1.82, 2.24) is 14.8 Å². The minimum atomic E-state index is -1.07. The molecule has 0 radical (unpaired) electrons. The molecule has 6 rings (SSSR count). The highest BCUT2D eigenvalue weighted by Crippen LogP contribution is 2.49. The molecule has 0 spiro atoms. The third kappa shape index (κ3) is 3.51. The van der Waals surface area contributed by atoms with Gasteiger partial charge in [0, 0.05) is 34.9 Å². The number of fused-ring (bicyclic) bond motifs is 5. The number of piperazine rings is 1. The Morgan fingerprint density at radius 3 is 2.69 bits per heavy atom. The lowest BCUT2D eigenvalue weighted by Crippen LogP contribution is -2.67. The minimum Gasteiger partial charge on any atom is -0.356 e. The molecule has 2 aliphatic heterocycles. The predicted molar refractivity (Wildman–Crippen MR) is 138 cm³/mol. The molecule has 6 heteroatoms. The molecule has 2 amide bonds.